The lowest BCUT2D eigenvalue weighted by Crippen LogP contribution is -2.51. The van der Waals surface area contributed by atoms with Crippen molar-refractivity contribution in [2.45, 2.75) is 83.8 Å². The fourth-order valence-corrected chi connectivity index (χ4v) is 5.94. The molecule has 1 aliphatic rings. The molecule has 0 spiro atoms. The summed E-state index contributed by atoms with van der Waals surface area (Å²) in [6, 6.07) is 12.7. The van der Waals surface area contributed by atoms with Crippen molar-refractivity contribution in [1.82, 2.24) is 10.2 Å². The minimum atomic E-state index is -3.55. The van der Waals surface area contributed by atoms with Gasteiger partial charge in [0, 0.05) is 25.6 Å². The molecule has 0 aromatic heterocycles. The minimum absolute atomic E-state index is 0.0769. The molecule has 0 aliphatic heterocycles. The van der Waals surface area contributed by atoms with Gasteiger partial charge in [0.15, 0.2) is 0 Å². The van der Waals surface area contributed by atoms with Gasteiger partial charge in [0.2, 0.25) is 21.8 Å². The van der Waals surface area contributed by atoms with E-state index < -0.39 is 16.1 Å². The summed E-state index contributed by atoms with van der Waals surface area (Å²) in [7, 11) is -3.55. The lowest BCUT2D eigenvalue weighted by atomic mass is 10.1. The largest absolute Gasteiger partial charge is 0.352 e. The number of nitrogens with zero attached hydrogens (tertiary/aromatic N) is 2. The Kier molecular flexibility index (Phi) is 10.7. The van der Waals surface area contributed by atoms with Gasteiger partial charge in [-0.25, -0.2) is 12.8 Å². The highest BCUT2D eigenvalue weighted by atomic mass is 32.2. The van der Waals surface area contributed by atoms with Crippen molar-refractivity contribution in [3.63, 3.8) is 0 Å². The average molecular weight is 546 g/mol. The molecule has 0 saturated heterocycles. The lowest BCUT2D eigenvalue weighted by Gasteiger charge is -2.32. The Balaban J connectivity index is 1.74. The second kappa shape index (κ2) is 13.7. The van der Waals surface area contributed by atoms with Gasteiger partial charge in [0.1, 0.15) is 11.9 Å². The minimum Gasteiger partial charge on any atom is -0.352 e. The summed E-state index contributed by atoms with van der Waals surface area (Å²) in [6.07, 6.45) is 6.85. The van der Waals surface area contributed by atoms with Crippen LogP contribution in [0.4, 0.5) is 10.1 Å². The Bertz CT molecular complexity index is 1160. The van der Waals surface area contributed by atoms with E-state index in [0.717, 1.165) is 49.5 Å². The summed E-state index contributed by atoms with van der Waals surface area (Å²) in [5.74, 6) is -0.786. The standard InChI is InChI=1S/C29H40FN3O4S/c1-4-22-14-18-26(19-15-22)33(38(3,36)37)20-8-11-28(34)32(21-23-12-16-24(30)17-13-23)27(5-2)29(35)31-25-9-6-7-10-25/h12-19,25,27H,4-11,20-21H2,1-3H3,(H,31,35). The summed E-state index contributed by atoms with van der Waals surface area (Å²) in [5, 5.41) is 3.10. The maximum absolute atomic E-state index is 13.5. The van der Waals surface area contributed by atoms with Crippen molar-refractivity contribution in [3.8, 4) is 0 Å². The van der Waals surface area contributed by atoms with E-state index in [1.165, 1.54) is 16.4 Å². The molecule has 9 heteroatoms. The molecule has 2 aromatic rings. The topological polar surface area (TPSA) is 86.8 Å². The molecule has 1 fully saturated rings. The molecule has 1 saturated carbocycles. The quantitative estimate of drug-likeness (QED) is 0.392. The van der Waals surface area contributed by atoms with Gasteiger partial charge in [-0.1, -0.05) is 51.0 Å². The number of hydrogen-bond acceptors (Lipinski definition) is 4. The molecule has 0 bridgehead atoms. The molecule has 3 rings (SSSR count). The number of benzene rings is 2. The lowest BCUT2D eigenvalue weighted by molar-refractivity contribution is -0.141. The highest BCUT2D eigenvalue weighted by Gasteiger charge is 2.30. The van der Waals surface area contributed by atoms with Crippen molar-refractivity contribution >= 4 is 27.5 Å². The first-order valence-electron chi connectivity index (χ1n) is 13.5. The van der Waals surface area contributed by atoms with Gasteiger partial charge in [-0.3, -0.25) is 13.9 Å². The predicted octanol–water partition coefficient (Wildman–Crippen LogP) is 4.80. The normalized spacial score (nSPS) is 14.7. The van der Waals surface area contributed by atoms with E-state index in [9.17, 15) is 22.4 Å². The SMILES string of the molecule is CCc1ccc(N(CCCC(=O)N(Cc2ccc(F)cc2)C(CC)C(=O)NC2CCCC2)S(C)(=O)=O)cc1. The van der Waals surface area contributed by atoms with Crippen molar-refractivity contribution in [2.75, 3.05) is 17.1 Å². The Hall–Kier alpha value is -2.94. The van der Waals surface area contributed by atoms with Crippen LogP contribution < -0.4 is 9.62 Å². The van der Waals surface area contributed by atoms with Gasteiger partial charge in [-0.05, 0) is 67.5 Å². The van der Waals surface area contributed by atoms with E-state index in [1.54, 1.807) is 29.2 Å². The van der Waals surface area contributed by atoms with Crippen LogP contribution in [0.2, 0.25) is 0 Å². The molecular weight excluding hydrogens is 505 g/mol. The zero-order chi connectivity index (χ0) is 27.7. The molecule has 0 radical (unpaired) electrons. The molecule has 2 aromatic carbocycles. The summed E-state index contributed by atoms with van der Waals surface area (Å²) < 4.78 is 39.8. The van der Waals surface area contributed by atoms with Crippen LogP contribution in [0.1, 0.15) is 69.9 Å². The number of sulfonamides is 1. The number of amides is 2. The maximum atomic E-state index is 13.5. The number of rotatable bonds is 13. The Morgan fingerprint density at radius 3 is 2.16 bits per heavy atom. The van der Waals surface area contributed by atoms with Crippen LogP contribution in [0.5, 0.6) is 0 Å². The second-order valence-corrected chi connectivity index (χ2v) is 11.9. The van der Waals surface area contributed by atoms with Crippen LogP contribution in [0, 0.1) is 5.82 Å². The molecule has 208 valence electrons. The molecule has 1 unspecified atom stereocenters. The summed E-state index contributed by atoms with van der Waals surface area (Å²) in [6.45, 7) is 4.22. The number of carbonyl (C=O) groups is 2. The third-order valence-electron chi connectivity index (χ3n) is 7.14. The fourth-order valence-electron chi connectivity index (χ4n) is 4.98. The van der Waals surface area contributed by atoms with Crippen molar-refractivity contribution in [1.29, 1.82) is 0 Å². The third-order valence-corrected chi connectivity index (χ3v) is 8.33. The van der Waals surface area contributed by atoms with Crippen LogP contribution >= 0.6 is 0 Å². The van der Waals surface area contributed by atoms with E-state index in [2.05, 4.69) is 5.32 Å². The van der Waals surface area contributed by atoms with Crippen LogP contribution in [0.3, 0.4) is 0 Å². The van der Waals surface area contributed by atoms with Crippen LogP contribution in [0.25, 0.3) is 0 Å². The van der Waals surface area contributed by atoms with Crippen molar-refractivity contribution in [2.24, 2.45) is 0 Å². The van der Waals surface area contributed by atoms with E-state index in [0.29, 0.717) is 18.5 Å². The van der Waals surface area contributed by atoms with Gasteiger partial charge in [-0.2, -0.15) is 0 Å². The molecule has 1 atom stereocenters. The zero-order valence-corrected chi connectivity index (χ0v) is 23.5. The number of nitrogens with one attached hydrogen (secondary N) is 1. The summed E-state index contributed by atoms with van der Waals surface area (Å²) in [4.78, 5) is 28.3. The number of halogens is 1. The molecule has 7 nitrogen and oxygen atoms in total. The molecule has 1 N–H and O–H groups in total. The number of aryl methyl sites for hydroxylation is 1. The first-order chi connectivity index (χ1) is 18.1. The van der Waals surface area contributed by atoms with Gasteiger partial charge >= 0.3 is 0 Å². The van der Waals surface area contributed by atoms with E-state index in [-0.39, 0.29) is 43.2 Å². The number of hydrogen-bond donors (Lipinski definition) is 1. The highest BCUT2D eigenvalue weighted by molar-refractivity contribution is 7.92. The Morgan fingerprint density at radius 1 is 1.00 bits per heavy atom. The first kappa shape index (κ1) is 29.6. The highest BCUT2D eigenvalue weighted by Crippen LogP contribution is 2.22. The van der Waals surface area contributed by atoms with E-state index in [1.807, 2.05) is 26.0 Å². The number of carbonyl (C=O) groups excluding carboxylic acids is 2. The Labute approximate surface area is 226 Å². The monoisotopic (exact) mass is 545 g/mol. The third kappa shape index (κ3) is 8.28. The van der Waals surface area contributed by atoms with Gasteiger partial charge in [0.25, 0.3) is 0 Å². The first-order valence-corrected chi connectivity index (χ1v) is 15.4. The van der Waals surface area contributed by atoms with Gasteiger partial charge < -0.3 is 10.2 Å². The van der Waals surface area contributed by atoms with Crippen LogP contribution in [0.15, 0.2) is 48.5 Å². The van der Waals surface area contributed by atoms with Crippen molar-refractivity contribution in [3.05, 3.63) is 65.5 Å². The number of anilines is 1. The predicted molar refractivity (Wildman–Crippen MR) is 149 cm³/mol. The van der Waals surface area contributed by atoms with Crippen molar-refractivity contribution < 1.29 is 22.4 Å². The Morgan fingerprint density at radius 2 is 1.61 bits per heavy atom. The van der Waals surface area contributed by atoms with Crippen LogP contribution in [-0.4, -0.2) is 50.0 Å². The maximum Gasteiger partial charge on any atom is 0.243 e. The zero-order valence-electron chi connectivity index (χ0n) is 22.7. The average Bonchev–Trinajstić information content (AvgIpc) is 3.40. The van der Waals surface area contributed by atoms with Gasteiger partial charge in [-0.15, -0.1) is 0 Å². The molecule has 38 heavy (non-hydrogen) atoms. The van der Waals surface area contributed by atoms with Crippen LogP contribution in [-0.2, 0) is 32.6 Å². The van der Waals surface area contributed by atoms with Gasteiger partial charge in [0.05, 0.1) is 11.9 Å². The second-order valence-electron chi connectivity index (χ2n) is 10.0. The summed E-state index contributed by atoms with van der Waals surface area (Å²) >= 11 is 0. The molecule has 0 heterocycles. The fraction of sp³-hybridized carbons (Fsp3) is 0.517. The van der Waals surface area contributed by atoms with E-state index in [4.69, 9.17) is 0 Å². The van der Waals surface area contributed by atoms with E-state index >= 15 is 0 Å². The molecule has 2 amide bonds. The molecule has 1 aliphatic carbocycles. The molecular formula is C29H40FN3O4S. The smallest absolute Gasteiger partial charge is 0.243 e. The summed E-state index contributed by atoms with van der Waals surface area (Å²) in [5.41, 5.74) is 2.39.